The summed E-state index contributed by atoms with van der Waals surface area (Å²) in [6, 6.07) is 1.20. The molecule has 0 fully saturated rings. The van der Waals surface area contributed by atoms with Gasteiger partial charge in [-0.2, -0.15) is 0 Å². The molecule has 0 heterocycles. The molecule has 0 saturated carbocycles. The van der Waals surface area contributed by atoms with Crippen LogP contribution in [-0.2, 0) is 4.43 Å². The van der Waals surface area contributed by atoms with Crippen molar-refractivity contribution >= 4 is 8.32 Å². The summed E-state index contributed by atoms with van der Waals surface area (Å²) in [5, 5.41) is 0. The van der Waals surface area contributed by atoms with Crippen LogP contribution in [-0.4, -0.2) is 14.4 Å². The monoisotopic (exact) mass is 238 g/mol. The van der Waals surface area contributed by atoms with Crippen molar-refractivity contribution < 1.29 is 4.43 Å². The van der Waals surface area contributed by atoms with Crippen LogP contribution in [0.15, 0.2) is 12.7 Å². The lowest BCUT2D eigenvalue weighted by Gasteiger charge is -2.29. The summed E-state index contributed by atoms with van der Waals surface area (Å²) in [5.41, 5.74) is 0. The second-order valence-corrected chi connectivity index (χ2v) is 9.51. The summed E-state index contributed by atoms with van der Waals surface area (Å²) in [4.78, 5) is 0. The zero-order chi connectivity index (χ0) is 12.6. The molecule has 1 nitrogen and oxygen atoms in total. The molecular weight excluding hydrogens is 212 g/mol. The highest BCUT2D eigenvalue weighted by Gasteiger charge is 2.26. The molecule has 0 aromatic rings. The van der Waals surface area contributed by atoms with Crippen LogP contribution in [0.2, 0.25) is 19.1 Å². The summed E-state index contributed by atoms with van der Waals surface area (Å²) in [6.45, 7) is 12.9. The highest BCUT2D eigenvalue weighted by Crippen LogP contribution is 2.21. The van der Waals surface area contributed by atoms with Crippen molar-refractivity contribution in [2.45, 2.75) is 58.4 Å². The second kappa shape index (κ2) is 7.70. The lowest BCUT2D eigenvalue weighted by Crippen LogP contribution is -2.36. The normalized spacial score (nSPS) is 13.5. The van der Waals surface area contributed by atoms with Crippen LogP contribution >= 0.6 is 0 Å². The fourth-order valence-corrected chi connectivity index (χ4v) is 5.17. The summed E-state index contributed by atoms with van der Waals surface area (Å²) in [5.74, 6) is 3.37. The highest BCUT2D eigenvalue weighted by molar-refractivity contribution is 6.71. The molecule has 0 aromatic heterocycles. The van der Waals surface area contributed by atoms with E-state index in [1.807, 2.05) is 6.08 Å². The van der Waals surface area contributed by atoms with Gasteiger partial charge in [-0.25, -0.2) is 0 Å². The van der Waals surface area contributed by atoms with Gasteiger partial charge in [0.05, 0.1) is 6.10 Å². The van der Waals surface area contributed by atoms with Gasteiger partial charge in [-0.05, 0) is 37.9 Å². The molecule has 0 aliphatic carbocycles. The van der Waals surface area contributed by atoms with Crippen molar-refractivity contribution in [2.75, 3.05) is 0 Å². The zero-order valence-electron chi connectivity index (χ0n) is 11.3. The molecule has 0 aliphatic heterocycles. The van der Waals surface area contributed by atoms with E-state index >= 15 is 0 Å². The maximum atomic E-state index is 6.20. The highest BCUT2D eigenvalue weighted by atomic mass is 28.4. The van der Waals surface area contributed by atoms with E-state index in [0.29, 0.717) is 5.92 Å². The molecule has 0 spiro atoms. The van der Waals surface area contributed by atoms with E-state index in [0.717, 1.165) is 19.3 Å². The molecule has 0 rings (SSSR count). The Balaban J connectivity index is 4.09. The van der Waals surface area contributed by atoms with E-state index < -0.39 is 8.32 Å². The fourth-order valence-electron chi connectivity index (χ4n) is 2.07. The fraction of sp³-hybridized carbons (Fsp3) is 0.714. The van der Waals surface area contributed by atoms with Crippen LogP contribution in [0.4, 0.5) is 0 Å². The van der Waals surface area contributed by atoms with Gasteiger partial charge in [-0.1, -0.05) is 19.9 Å². The Bertz CT molecular complexity index is 238. The Morgan fingerprint density at radius 2 is 2.06 bits per heavy atom. The van der Waals surface area contributed by atoms with Gasteiger partial charge < -0.3 is 4.43 Å². The summed E-state index contributed by atoms with van der Waals surface area (Å²) in [6.07, 6.45) is 10.2. The molecule has 92 valence electrons. The van der Waals surface area contributed by atoms with Crippen LogP contribution in [0.3, 0.4) is 0 Å². The van der Waals surface area contributed by atoms with E-state index in [1.165, 1.54) is 6.04 Å². The van der Waals surface area contributed by atoms with Crippen molar-refractivity contribution in [3.63, 3.8) is 0 Å². The first-order chi connectivity index (χ1) is 7.41. The third kappa shape index (κ3) is 7.73. The SMILES string of the molecule is C#CCCCC(C=C)O[Si](C)(C)CC(C)C. The predicted molar refractivity (Wildman–Crippen MR) is 74.9 cm³/mol. The minimum absolute atomic E-state index is 0.189. The van der Waals surface area contributed by atoms with Gasteiger partial charge in [0.25, 0.3) is 0 Å². The first-order valence-electron chi connectivity index (χ1n) is 6.15. The van der Waals surface area contributed by atoms with Crippen molar-refractivity contribution in [1.29, 1.82) is 0 Å². The molecule has 0 bridgehead atoms. The molecule has 1 atom stereocenters. The van der Waals surface area contributed by atoms with Crippen LogP contribution in [0.25, 0.3) is 0 Å². The number of rotatable bonds is 8. The van der Waals surface area contributed by atoms with E-state index in [9.17, 15) is 0 Å². The molecule has 0 radical (unpaired) electrons. The van der Waals surface area contributed by atoms with Crippen molar-refractivity contribution in [3.8, 4) is 12.3 Å². The van der Waals surface area contributed by atoms with Crippen LogP contribution in [0.5, 0.6) is 0 Å². The number of unbranched alkanes of at least 4 members (excludes halogenated alkanes) is 1. The molecule has 0 amide bonds. The third-order valence-electron chi connectivity index (χ3n) is 2.44. The largest absolute Gasteiger partial charge is 0.411 e. The quantitative estimate of drug-likeness (QED) is 0.266. The van der Waals surface area contributed by atoms with Gasteiger partial charge in [0.2, 0.25) is 0 Å². The Kier molecular flexibility index (Phi) is 7.45. The third-order valence-corrected chi connectivity index (χ3v) is 5.18. The summed E-state index contributed by atoms with van der Waals surface area (Å²) >= 11 is 0. The van der Waals surface area contributed by atoms with Gasteiger partial charge in [-0.15, -0.1) is 18.9 Å². The van der Waals surface area contributed by atoms with Crippen molar-refractivity contribution in [2.24, 2.45) is 5.92 Å². The van der Waals surface area contributed by atoms with Gasteiger partial charge in [0.15, 0.2) is 8.32 Å². The minimum atomic E-state index is -1.53. The molecule has 1 unspecified atom stereocenters. The summed E-state index contributed by atoms with van der Waals surface area (Å²) in [7, 11) is -1.53. The zero-order valence-corrected chi connectivity index (χ0v) is 12.3. The van der Waals surface area contributed by atoms with Crippen molar-refractivity contribution in [1.82, 2.24) is 0 Å². The average Bonchev–Trinajstić information content (AvgIpc) is 2.14. The average molecular weight is 238 g/mol. The van der Waals surface area contributed by atoms with E-state index in [-0.39, 0.29) is 6.10 Å². The molecule has 0 saturated heterocycles. The van der Waals surface area contributed by atoms with Crippen LogP contribution in [0, 0.1) is 18.3 Å². The van der Waals surface area contributed by atoms with Gasteiger partial charge in [0.1, 0.15) is 0 Å². The number of terminal acetylenes is 1. The minimum Gasteiger partial charge on any atom is -0.411 e. The maximum absolute atomic E-state index is 6.20. The van der Waals surface area contributed by atoms with Crippen LogP contribution < -0.4 is 0 Å². The smallest absolute Gasteiger partial charge is 0.187 e. The Hall–Kier alpha value is -0.523. The lowest BCUT2D eigenvalue weighted by atomic mass is 10.1. The molecular formula is C14H26OSi. The first-order valence-corrected chi connectivity index (χ1v) is 9.26. The molecule has 0 aromatic carbocycles. The molecule has 16 heavy (non-hydrogen) atoms. The van der Waals surface area contributed by atoms with Gasteiger partial charge in [-0.3, -0.25) is 0 Å². The number of hydrogen-bond acceptors (Lipinski definition) is 1. The Morgan fingerprint density at radius 1 is 1.44 bits per heavy atom. The van der Waals surface area contributed by atoms with Crippen molar-refractivity contribution in [3.05, 3.63) is 12.7 Å². The van der Waals surface area contributed by atoms with Gasteiger partial charge >= 0.3 is 0 Å². The Morgan fingerprint density at radius 3 is 2.50 bits per heavy atom. The van der Waals surface area contributed by atoms with Crippen LogP contribution in [0.1, 0.15) is 33.1 Å². The van der Waals surface area contributed by atoms with E-state index in [4.69, 9.17) is 10.8 Å². The topological polar surface area (TPSA) is 9.23 Å². The maximum Gasteiger partial charge on any atom is 0.187 e. The first kappa shape index (κ1) is 15.5. The standard InChI is InChI=1S/C14H26OSi/c1-7-9-10-11-14(8-2)15-16(5,6)12-13(3)4/h1,8,13-14H,2,9-12H2,3-6H3. The molecule has 0 aliphatic rings. The summed E-state index contributed by atoms with van der Waals surface area (Å²) < 4.78 is 6.20. The van der Waals surface area contributed by atoms with E-state index in [1.54, 1.807) is 0 Å². The predicted octanol–water partition coefficient (Wildman–Crippen LogP) is 4.22. The number of hydrogen-bond donors (Lipinski definition) is 0. The van der Waals surface area contributed by atoms with E-state index in [2.05, 4.69) is 39.4 Å². The Labute approximate surface area is 102 Å². The molecule has 2 heteroatoms. The molecule has 0 N–H and O–H groups in total. The lowest BCUT2D eigenvalue weighted by molar-refractivity contribution is 0.223. The second-order valence-electron chi connectivity index (χ2n) is 5.35. The van der Waals surface area contributed by atoms with Gasteiger partial charge in [0, 0.05) is 6.42 Å².